The van der Waals surface area contributed by atoms with E-state index in [1.807, 2.05) is 11.4 Å². The molecule has 0 saturated carbocycles. The number of hydrogen-bond acceptors (Lipinski definition) is 5. The maximum atomic E-state index is 12.1. The molecule has 0 unspecified atom stereocenters. The number of thioether (sulfide) groups is 1. The van der Waals surface area contributed by atoms with Crippen LogP contribution in [0.15, 0.2) is 21.4 Å². The zero-order chi connectivity index (χ0) is 14.1. The van der Waals surface area contributed by atoms with Crippen molar-refractivity contribution in [3.63, 3.8) is 0 Å². The van der Waals surface area contributed by atoms with E-state index in [0.717, 1.165) is 35.8 Å². The molecule has 0 spiro atoms. The predicted octanol–water partition coefficient (Wildman–Crippen LogP) is 1.61. The van der Waals surface area contributed by atoms with Crippen LogP contribution in [0, 0.1) is 5.92 Å². The Morgan fingerprint density at radius 3 is 3.15 bits per heavy atom. The lowest BCUT2D eigenvalue weighted by Crippen LogP contribution is -2.20. The molecule has 1 fully saturated rings. The molecule has 1 aliphatic rings. The number of rotatable bonds is 4. The van der Waals surface area contributed by atoms with Crippen LogP contribution in [0.2, 0.25) is 0 Å². The molecular formula is C13H15N3O2S2. The molecule has 2 aromatic rings. The molecule has 7 heteroatoms. The Balaban J connectivity index is 1.72. The number of hydrogen-bond donors (Lipinski definition) is 1. The minimum Gasteiger partial charge on any atom is -0.356 e. The van der Waals surface area contributed by atoms with E-state index in [4.69, 9.17) is 0 Å². The maximum Gasteiger partial charge on any atom is 0.271 e. The lowest BCUT2D eigenvalue weighted by atomic mass is 10.1. The summed E-state index contributed by atoms with van der Waals surface area (Å²) < 4.78 is 2.30. The van der Waals surface area contributed by atoms with Gasteiger partial charge in [0.05, 0.1) is 5.52 Å². The number of aromatic nitrogens is 2. The summed E-state index contributed by atoms with van der Waals surface area (Å²) in [5.41, 5.74) is 0.769. The first-order chi connectivity index (χ1) is 9.66. The van der Waals surface area contributed by atoms with Gasteiger partial charge in [-0.05, 0) is 24.3 Å². The van der Waals surface area contributed by atoms with Crippen molar-refractivity contribution in [3.05, 3.63) is 21.8 Å². The summed E-state index contributed by atoms with van der Waals surface area (Å²) in [6, 6.07) is 1.87. The van der Waals surface area contributed by atoms with Gasteiger partial charge in [-0.3, -0.25) is 14.2 Å². The zero-order valence-corrected chi connectivity index (χ0v) is 12.7. The van der Waals surface area contributed by atoms with E-state index in [9.17, 15) is 9.59 Å². The summed E-state index contributed by atoms with van der Waals surface area (Å²) in [7, 11) is 1.75. The molecule has 0 aromatic carbocycles. The van der Waals surface area contributed by atoms with Crippen LogP contribution in [0.5, 0.6) is 0 Å². The minimum absolute atomic E-state index is 0.00566. The van der Waals surface area contributed by atoms with Crippen LogP contribution in [0.4, 0.5) is 0 Å². The number of fused-ring (bicyclic) bond motifs is 1. The summed E-state index contributed by atoms with van der Waals surface area (Å²) >= 11 is 2.97. The molecule has 5 nitrogen and oxygen atoms in total. The van der Waals surface area contributed by atoms with E-state index < -0.39 is 0 Å². The lowest BCUT2D eigenvalue weighted by Gasteiger charge is -2.08. The highest BCUT2D eigenvalue weighted by Crippen LogP contribution is 2.23. The average molecular weight is 309 g/mol. The van der Waals surface area contributed by atoms with Gasteiger partial charge in [-0.15, -0.1) is 11.3 Å². The quantitative estimate of drug-likeness (QED) is 0.688. The van der Waals surface area contributed by atoms with Crippen LogP contribution in [-0.4, -0.2) is 27.8 Å². The van der Waals surface area contributed by atoms with Crippen LogP contribution in [0.25, 0.3) is 10.2 Å². The van der Waals surface area contributed by atoms with E-state index >= 15 is 0 Å². The Bertz CT molecular complexity index is 707. The number of amides is 1. The van der Waals surface area contributed by atoms with Gasteiger partial charge in [0.25, 0.3) is 5.56 Å². The molecule has 1 atom stereocenters. The van der Waals surface area contributed by atoms with Gasteiger partial charge < -0.3 is 5.32 Å². The van der Waals surface area contributed by atoms with Crippen molar-refractivity contribution >= 4 is 39.2 Å². The third-order valence-corrected chi connectivity index (χ3v) is 5.46. The fourth-order valence-electron chi connectivity index (χ4n) is 2.31. The van der Waals surface area contributed by atoms with E-state index in [2.05, 4.69) is 10.3 Å². The second-order valence-electron chi connectivity index (χ2n) is 4.81. The predicted molar refractivity (Wildman–Crippen MR) is 81.3 cm³/mol. The van der Waals surface area contributed by atoms with Crippen LogP contribution in [0.3, 0.4) is 0 Å². The van der Waals surface area contributed by atoms with Gasteiger partial charge in [0.1, 0.15) is 4.70 Å². The summed E-state index contributed by atoms with van der Waals surface area (Å²) in [5, 5.41) is 5.45. The molecule has 3 heterocycles. The summed E-state index contributed by atoms with van der Waals surface area (Å²) in [6.07, 6.45) is 1.74. The summed E-state index contributed by atoms with van der Waals surface area (Å²) in [6.45, 7) is 0.783. The Labute approximate surface area is 124 Å². The van der Waals surface area contributed by atoms with Crippen LogP contribution in [0.1, 0.15) is 12.8 Å². The van der Waals surface area contributed by atoms with Gasteiger partial charge in [0.2, 0.25) is 5.91 Å². The molecule has 20 heavy (non-hydrogen) atoms. The molecule has 3 rings (SSSR count). The van der Waals surface area contributed by atoms with E-state index in [1.54, 1.807) is 23.4 Å². The minimum atomic E-state index is 0.00566. The Kier molecular flexibility index (Phi) is 3.80. The van der Waals surface area contributed by atoms with Gasteiger partial charge in [-0.1, -0.05) is 11.8 Å². The molecule has 1 saturated heterocycles. The topological polar surface area (TPSA) is 64.0 Å². The van der Waals surface area contributed by atoms with Gasteiger partial charge in [-0.2, -0.15) is 0 Å². The molecular weight excluding hydrogens is 294 g/mol. The summed E-state index contributed by atoms with van der Waals surface area (Å²) in [4.78, 5) is 28.1. The van der Waals surface area contributed by atoms with Gasteiger partial charge in [0.15, 0.2) is 5.16 Å². The van der Waals surface area contributed by atoms with E-state index in [1.165, 1.54) is 11.3 Å². The third kappa shape index (κ3) is 2.47. The standard InChI is InChI=1S/C13H15N3O2S2/c1-16-12(18)10-9(4-7-19-10)15-13(16)20-6-3-8-2-5-14-11(8)17/h4,7-8H,2-3,5-6H2,1H3,(H,14,17)/t8-/m0/s1. The van der Waals surface area contributed by atoms with E-state index in [-0.39, 0.29) is 17.4 Å². The molecule has 2 aromatic heterocycles. The molecule has 0 aliphatic carbocycles. The van der Waals surface area contributed by atoms with E-state index in [0.29, 0.717) is 4.70 Å². The van der Waals surface area contributed by atoms with Gasteiger partial charge >= 0.3 is 0 Å². The van der Waals surface area contributed by atoms with Crippen molar-refractivity contribution in [3.8, 4) is 0 Å². The molecule has 1 amide bonds. The summed E-state index contributed by atoms with van der Waals surface area (Å²) in [5.74, 6) is 1.07. The third-order valence-electron chi connectivity index (χ3n) is 3.51. The highest BCUT2D eigenvalue weighted by molar-refractivity contribution is 7.99. The van der Waals surface area contributed by atoms with Crippen molar-refractivity contribution in [2.45, 2.75) is 18.0 Å². The maximum absolute atomic E-state index is 12.1. The fraction of sp³-hybridized carbons (Fsp3) is 0.462. The lowest BCUT2D eigenvalue weighted by molar-refractivity contribution is -0.122. The monoisotopic (exact) mass is 309 g/mol. The molecule has 1 N–H and O–H groups in total. The van der Waals surface area contributed by atoms with Gasteiger partial charge in [-0.25, -0.2) is 4.98 Å². The van der Waals surface area contributed by atoms with Crippen LogP contribution >= 0.6 is 23.1 Å². The first kappa shape index (κ1) is 13.6. The highest BCUT2D eigenvalue weighted by Gasteiger charge is 2.23. The fourth-order valence-corrected chi connectivity index (χ4v) is 4.14. The number of carbonyl (C=O) groups is 1. The van der Waals surface area contributed by atoms with Crippen molar-refractivity contribution in [2.24, 2.45) is 13.0 Å². The van der Waals surface area contributed by atoms with Crippen molar-refractivity contribution in [2.75, 3.05) is 12.3 Å². The molecule has 0 radical (unpaired) electrons. The van der Waals surface area contributed by atoms with Crippen LogP contribution < -0.4 is 10.9 Å². The number of nitrogens with zero attached hydrogens (tertiary/aromatic N) is 2. The number of carbonyl (C=O) groups excluding carboxylic acids is 1. The molecule has 0 bridgehead atoms. The second-order valence-corrected chi connectivity index (χ2v) is 6.79. The molecule has 1 aliphatic heterocycles. The number of thiophene rings is 1. The van der Waals surface area contributed by atoms with Crippen LogP contribution in [-0.2, 0) is 11.8 Å². The smallest absolute Gasteiger partial charge is 0.271 e. The SMILES string of the molecule is Cn1c(SCC[C@@H]2CCNC2=O)nc2ccsc2c1=O. The Hall–Kier alpha value is -1.34. The Morgan fingerprint density at radius 1 is 1.55 bits per heavy atom. The largest absolute Gasteiger partial charge is 0.356 e. The first-order valence-corrected chi connectivity index (χ1v) is 8.38. The second kappa shape index (κ2) is 5.57. The number of nitrogens with one attached hydrogen (secondary N) is 1. The highest BCUT2D eigenvalue weighted by atomic mass is 32.2. The Morgan fingerprint density at radius 2 is 2.40 bits per heavy atom. The normalized spacial score (nSPS) is 18.6. The van der Waals surface area contributed by atoms with Crippen molar-refractivity contribution in [1.29, 1.82) is 0 Å². The van der Waals surface area contributed by atoms with Crippen molar-refractivity contribution < 1.29 is 4.79 Å². The zero-order valence-electron chi connectivity index (χ0n) is 11.1. The average Bonchev–Trinajstić information content (AvgIpc) is 3.05. The first-order valence-electron chi connectivity index (χ1n) is 6.51. The van der Waals surface area contributed by atoms with Gasteiger partial charge in [0, 0.05) is 25.3 Å². The van der Waals surface area contributed by atoms with Crippen molar-refractivity contribution in [1.82, 2.24) is 14.9 Å². The molecule has 106 valence electrons.